The molecule has 112 valence electrons. The van der Waals surface area contributed by atoms with Gasteiger partial charge in [-0.25, -0.2) is 0 Å². The van der Waals surface area contributed by atoms with Crippen molar-refractivity contribution in [1.29, 1.82) is 0 Å². The van der Waals surface area contributed by atoms with Gasteiger partial charge in [-0.15, -0.1) is 3.89 Å². The van der Waals surface area contributed by atoms with Gasteiger partial charge < -0.3 is 10.5 Å². The van der Waals surface area contributed by atoms with Crippen molar-refractivity contribution in [2.24, 2.45) is 5.73 Å². The van der Waals surface area contributed by atoms with Gasteiger partial charge in [0.25, 0.3) is 5.91 Å². The highest BCUT2D eigenvalue weighted by molar-refractivity contribution is 7.86. The average Bonchev–Trinajstić information content (AvgIpc) is 2.42. The molecule has 0 bridgehead atoms. The van der Waals surface area contributed by atoms with Crippen LogP contribution in [-0.2, 0) is 19.8 Å². The molecule has 2 rings (SSSR count). The van der Waals surface area contributed by atoms with Crippen molar-refractivity contribution in [2.75, 3.05) is 12.4 Å². The largest absolute Gasteiger partial charge is 0.367 e. The van der Waals surface area contributed by atoms with Crippen LogP contribution in [0.1, 0.15) is 11.7 Å². The number of fused-ring (bicyclic) bond motifs is 1. The van der Waals surface area contributed by atoms with Crippen molar-refractivity contribution >= 4 is 26.9 Å². The van der Waals surface area contributed by atoms with E-state index in [-0.39, 0.29) is 0 Å². The smallest absolute Gasteiger partial charge is 0.304 e. The van der Waals surface area contributed by atoms with Crippen molar-refractivity contribution in [1.82, 2.24) is 0 Å². The van der Waals surface area contributed by atoms with E-state index in [1.165, 1.54) is 0 Å². The van der Waals surface area contributed by atoms with Gasteiger partial charge in [0.05, 0.1) is 6.61 Å². The first kappa shape index (κ1) is 15.4. The SMILES string of the molecule is NC(=O)C(OCCS(=O)(=O)F)c1cccc2ccccc12. The zero-order valence-corrected chi connectivity index (χ0v) is 11.8. The number of carbonyl (C=O) groups excluding carboxylic acids is 1. The minimum absolute atomic E-state index is 0.449. The van der Waals surface area contributed by atoms with Crippen molar-refractivity contribution in [3.8, 4) is 0 Å². The summed E-state index contributed by atoms with van der Waals surface area (Å²) in [5.41, 5.74) is 5.83. The van der Waals surface area contributed by atoms with E-state index in [1.807, 2.05) is 18.2 Å². The molecule has 0 heterocycles. The fourth-order valence-corrected chi connectivity index (χ4v) is 2.37. The number of hydrogen-bond acceptors (Lipinski definition) is 4. The number of primary amides is 1. The Bertz CT molecular complexity index is 755. The zero-order valence-electron chi connectivity index (χ0n) is 11.0. The number of carbonyl (C=O) groups is 1. The number of ether oxygens (including phenoxy) is 1. The molecule has 0 aliphatic heterocycles. The number of halogens is 1. The molecule has 0 spiro atoms. The molecule has 5 nitrogen and oxygen atoms in total. The Morgan fingerprint density at radius 1 is 1.19 bits per heavy atom. The third-order valence-corrected chi connectivity index (χ3v) is 3.63. The maximum atomic E-state index is 12.5. The van der Waals surface area contributed by atoms with Gasteiger partial charge in [0.2, 0.25) is 0 Å². The van der Waals surface area contributed by atoms with Crippen LogP contribution in [0.2, 0.25) is 0 Å². The molecule has 7 heteroatoms. The second kappa shape index (κ2) is 6.19. The minimum atomic E-state index is -4.65. The van der Waals surface area contributed by atoms with Crippen molar-refractivity contribution in [2.45, 2.75) is 6.10 Å². The number of benzene rings is 2. The van der Waals surface area contributed by atoms with E-state index in [2.05, 4.69) is 0 Å². The number of hydrogen-bond donors (Lipinski definition) is 1. The highest BCUT2D eigenvalue weighted by Gasteiger charge is 2.21. The molecular weight excluding hydrogens is 297 g/mol. The minimum Gasteiger partial charge on any atom is -0.367 e. The van der Waals surface area contributed by atoms with Gasteiger partial charge in [-0.2, -0.15) is 8.42 Å². The summed E-state index contributed by atoms with van der Waals surface area (Å²) in [7, 11) is -4.65. The third-order valence-electron chi connectivity index (χ3n) is 2.98. The molecule has 0 aliphatic carbocycles. The standard InChI is InChI=1S/C14H14FNO4S/c15-21(18,19)9-8-20-13(14(16)17)12-7-3-5-10-4-1-2-6-11(10)12/h1-7,13H,8-9H2,(H2,16,17). The summed E-state index contributed by atoms with van der Waals surface area (Å²) < 4.78 is 38.6. The van der Waals surface area contributed by atoms with E-state index in [1.54, 1.807) is 24.3 Å². The van der Waals surface area contributed by atoms with Crippen LogP contribution >= 0.6 is 0 Å². The van der Waals surface area contributed by atoms with Crippen LogP contribution in [0.15, 0.2) is 42.5 Å². The van der Waals surface area contributed by atoms with Crippen molar-refractivity contribution in [3.63, 3.8) is 0 Å². The molecule has 1 unspecified atom stereocenters. The maximum absolute atomic E-state index is 12.5. The monoisotopic (exact) mass is 311 g/mol. The van der Waals surface area contributed by atoms with Crippen LogP contribution in [0, 0.1) is 0 Å². The van der Waals surface area contributed by atoms with Gasteiger partial charge in [-0.05, 0) is 16.3 Å². The fraction of sp³-hybridized carbons (Fsp3) is 0.214. The first-order valence-corrected chi connectivity index (χ1v) is 7.74. The summed E-state index contributed by atoms with van der Waals surface area (Å²) >= 11 is 0. The Morgan fingerprint density at radius 3 is 2.52 bits per heavy atom. The van der Waals surface area contributed by atoms with E-state index in [0.717, 1.165) is 10.8 Å². The van der Waals surface area contributed by atoms with Gasteiger partial charge >= 0.3 is 10.2 Å². The van der Waals surface area contributed by atoms with Gasteiger partial charge in [0, 0.05) is 0 Å². The summed E-state index contributed by atoms with van der Waals surface area (Å²) in [6, 6.07) is 12.6. The Hall–Kier alpha value is -1.99. The second-order valence-electron chi connectivity index (χ2n) is 4.46. The molecule has 0 radical (unpaired) electrons. The lowest BCUT2D eigenvalue weighted by Crippen LogP contribution is -2.25. The van der Waals surface area contributed by atoms with Crippen molar-refractivity contribution < 1.29 is 21.8 Å². The van der Waals surface area contributed by atoms with Crippen LogP contribution in [0.25, 0.3) is 10.8 Å². The fourth-order valence-electron chi connectivity index (χ4n) is 2.07. The topological polar surface area (TPSA) is 86.5 Å². The summed E-state index contributed by atoms with van der Waals surface area (Å²) in [4.78, 5) is 11.6. The predicted octanol–water partition coefficient (Wildman–Crippen LogP) is 1.68. The van der Waals surface area contributed by atoms with Crippen LogP contribution in [0.3, 0.4) is 0 Å². The second-order valence-corrected chi connectivity index (χ2v) is 5.95. The molecule has 0 saturated carbocycles. The Balaban J connectivity index is 2.31. The van der Waals surface area contributed by atoms with E-state index >= 15 is 0 Å². The Kier molecular flexibility index (Phi) is 4.54. The first-order valence-electron chi connectivity index (χ1n) is 6.19. The lowest BCUT2D eigenvalue weighted by Gasteiger charge is -2.16. The summed E-state index contributed by atoms with van der Waals surface area (Å²) in [6.07, 6.45) is -1.13. The normalized spacial score (nSPS) is 13.2. The van der Waals surface area contributed by atoms with Crippen LogP contribution in [0.4, 0.5) is 3.89 Å². The number of nitrogens with two attached hydrogens (primary N) is 1. The molecule has 1 amide bonds. The Labute approximate surface area is 121 Å². The van der Waals surface area contributed by atoms with Crippen molar-refractivity contribution in [3.05, 3.63) is 48.0 Å². The maximum Gasteiger partial charge on any atom is 0.304 e. The van der Waals surface area contributed by atoms with Crippen LogP contribution in [-0.4, -0.2) is 26.7 Å². The molecule has 2 aromatic rings. The third kappa shape index (κ3) is 3.99. The first-order chi connectivity index (χ1) is 9.88. The van der Waals surface area contributed by atoms with Gasteiger partial charge in [-0.1, -0.05) is 42.5 Å². The molecule has 0 aliphatic rings. The van der Waals surface area contributed by atoms with E-state index in [4.69, 9.17) is 10.5 Å². The summed E-state index contributed by atoms with van der Waals surface area (Å²) in [5, 5.41) is 1.66. The number of rotatable bonds is 6. The lowest BCUT2D eigenvalue weighted by molar-refractivity contribution is -0.129. The molecule has 2 aromatic carbocycles. The quantitative estimate of drug-likeness (QED) is 0.822. The molecule has 0 fully saturated rings. The molecule has 0 saturated heterocycles. The summed E-state index contributed by atoms with van der Waals surface area (Å²) in [6.45, 7) is -0.449. The van der Waals surface area contributed by atoms with E-state index in [0.29, 0.717) is 5.56 Å². The van der Waals surface area contributed by atoms with E-state index < -0.39 is 34.6 Å². The molecule has 2 N–H and O–H groups in total. The van der Waals surface area contributed by atoms with Crippen LogP contribution in [0.5, 0.6) is 0 Å². The van der Waals surface area contributed by atoms with Gasteiger partial charge in [0.1, 0.15) is 5.75 Å². The lowest BCUT2D eigenvalue weighted by atomic mass is 10.00. The molecular formula is C14H14FNO4S. The average molecular weight is 311 g/mol. The highest BCUT2D eigenvalue weighted by atomic mass is 32.3. The zero-order chi connectivity index (χ0) is 15.5. The van der Waals surface area contributed by atoms with E-state index in [9.17, 15) is 17.1 Å². The predicted molar refractivity (Wildman–Crippen MR) is 76.7 cm³/mol. The Morgan fingerprint density at radius 2 is 1.86 bits per heavy atom. The molecule has 21 heavy (non-hydrogen) atoms. The van der Waals surface area contributed by atoms with Gasteiger partial charge in [-0.3, -0.25) is 4.79 Å². The molecule has 1 atom stereocenters. The highest BCUT2D eigenvalue weighted by Crippen LogP contribution is 2.26. The number of amides is 1. The van der Waals surface area contributed by atoms with Crippen LogP contribution < -0.4 is 5.73 Å². The molecule has 0 aromatic heterocycles. The summed E-state index contributed by atoms with van der Waals surface area (Å²) in [5.74, 6) is -1.58. The van der Waals surface area contributed by atoms with Gasteiger partial charge in [0.15, 0.2) is 6.10 Å².